The minimum Gasteiger partial charge on any atom is -0.375 e. The van der Waals surface area contributed by atoms with Crippen LogP contribution < -0.4 is 5.32 Å². The molecule has 2 rings (SSSR count). The van der Waals surface area contributed by atoms with Crippen molar-refractivity contribution in [2.45, 2.75) is 26.9 Å². The van der Waals surface area contributed by atoms with Crippen molar-refractivity contribution >= 4 is 5.69 Å². The van der Waals surface area contributed by atoms with Crippen LogP contribution in [0.3, 0.4) is 0 Å². The lowest BCUT2D eigenvalue weighted by atomic mass is 10.2. The molecule has 0 amide bonds. The monoisotopic (exact) mass is 234 g/mol. The summed E-state index contributed by atoms with van der Waals surface area (Å²) in [6.45, 7) is 5.08. The van der Waals surface area contributed by atoms with Crippen molar-refractivity contribution in [1.29, 1.82) is 0 Å². The van der Waals surface area contributed by atoms with E-state index in [4.69, 9.17) is 0 Å². The summed E-state index contributed by atoms with van der Waals surface area (Å²) in [6, 6.07) is 5.11. The number of aromatic nitrogens is 3. The van der Waals surface area contributed by atoms with Crippen LogP contribution in [0.15, 0.2) is 24.5 Å². The molecule has 0 aliphatic carbocycles. The summed E-state index contributed by atoms with van der Waals surface area (Å²) in [4.78, 5) is 4.12. The summed E-state index contributed by atoms with van der Waals surface area (Å²) in [6.07, 6.45) is 1.51. The van der Waals surface area contributed by atoms with Gasteiger partial charge in [-0.3, -0.25) is 0 Å². The van der Waals surface area contributed by atoms with Gasteiger partial charge < -0.3 is 5.32 Å². The summed E-state index contributed by atoms with van der Waals surface area (Å²) >= 11 is 0. The second-order valence-electron chi connectivity index (χ2n) is 3.83. The zero-order valence-electron chi connectivity index (χ0n) is 9.94. The standard InChI is InChI=1S/C12H15FN4/c1-3-17-12(15-8-16-17)7-14-11-5-4-9(2)6-10(11)13/h4-6,8,14H,3,7H2,1-2H3. The van der Waals surface area contributed by atoms with E-state index in [9.17, 15) is 4.39 Å². The van der Waals surface area contributed by atoms with Crippen LogP contribution in [0.2, 0.25) is 0 Å². The molecule has 1 N–H and O–H groups in total. The molecule has 2 aromatic rings. The molecule has 5 heteroatoms. The van der Waals surface area contributed by atoms with Crippen LogP contribution in [0, 0.1) is 12.7 Å². The van der Waals surface area contributed by atoms with E-state index in [-0.39, 0.29) is 5.82 Å². The van der Waals surface area contributed by atoms with Gasteiger partial charge in [0, 0.05) is 6.54 Å². The summed E-state index contributed by atoms with van der Waals surface area (Å²) in [5, 5.41) is 7.07. The molecule has 4 nitrogen and oxygen atoms in total. The Balaban J connectivity index is 2.07. The Kier molecular flexibility index (Phi) is 3.37. The Morgan fingerprint density at radius 1 is 1.41 bits per heavy atom. The van der Waals surface area contributed by atoms with Crippen LogP contribution in [0.1, 0.15) is 18.3 Å². The van der Waals surface area contributed by atoms with Crippen LogP contribution >= 0.6 is 0 Å². The van der Waals surface area contributed by atoms with E-state index in [1.165, 1.54) is 12.4 Å². The molecule has 1 aromatic carbocycles. The molecule has 1 heterocycles. The van der Waals surface area contributed by atoms with Crippen molar-refractivity contribution in [3.8, 4) is 0 Å². The minimum absolute atomic E-state index is 0.243. The fraction of sp³-hybridized carbons (Fsp3) is 0.333. The van der Waals surface area contributed by atoms with Gasteiger partial charge in [-0.25, -0.2) is 14.1 Å². The van der Waals surface area contributed by atoms with Gasteiger partial charge >= 0.3 is 0 Å². The molecule has 0 saturated heterocycles. The molecule has 1 aromatic heterocycles. The van der Waals surface area contributed by atoms with Crippen molar-refractivity contribution in [2.75, 3.05) is 5.32 Å². The largest absolute Gasteiger partial charge is 0.375 e. The highest BCUT2D eigenvalue weighted by Gasteiger charge is 2.05. The van der Waals surface area contributed by atoms with Gasteiger partial charge in [-0.15, -0.1) is 0 Å². The lowest BCUT2D eigenvalue weighted by Gasteiger charge is -2.08. The van der Waals surface area contributed by atoms with Crippen LogP contribution in [0.4, 0.5) is 10.1 Å². The van der Waals surface area contributed by atoms with E-state index in [2.05, 4.69) is 15.4 Å². The highest BCUT2D eigenvalue weighted by atomic mass is 19.1. The molecule has 0 spiro atoms. The predicted molar refractivity (Wildman–Crippen MR) is 64.2 cm³/mol. The van der Waals surface area contributed by atoms with Crippen LogP contribution in [0.25, 0.3) is 0 Å². The molecule has 0 radical (unpaired) electrons. The van der Waals surface area contributed by atoms with E-state index in [0.717, 1.165) is 17.9 Å². The van der Waals surface area contributed by atoms with Crippen LogP contribution in [-0.4, -0.2) is 14.8 Å². The summed E-state index contributed by atoms with van der Waals surface area (Å²) in [5.41, 5.74) is 1.39. The first-order valence-electron chi connectivity index (χ1n) is 5.57. The van der Waals surface area contributed by atoms with Gasteiger partial charge in [0.25, 0.3) is 0 Å². The summed E-state index contributed by atoms with van der Waals surface area (Å²) in [7, 11) is 0. The zero-order chi connectivity index (χ0) is 12.3. The van der Waals surface area contributed by atoms with E-state index >= 15 is 0 Å². The third-order valence-electron chi connectivity index (χ3n) is 2.56. The van der Waals surface area contributed by atoms with Crippen molar-refractivity contribution in [2.24, 2.45) is 0 Å². The number of benzene rings is 1. The maximum absolute atomic E-state index is 13.6. The number of aryl methyl sites for hydroxylation is 2. The quantitative estimate of drug-likeness (QED) is 0.883. The maximum Gasteiger partial charge on any atom is 0.146 e. The topological polar surface area (TPSA) is 42.7 Å². The molecule has 0 aliphatic rings. The van der Waals surface area contributed by atoms with Crippen molar-refractivity contribution in [3.05, 3.63) is 41.7 Å². The fourth-order valence-corrected chi connectivity index (χ4v) is 1.63. The molecule has 0 atom stereocenters. The third-order valence-corrected chi connectivity index (χ3v) is 2.56. The minimum atomic E-state index is -0.243. The molecule has 0 aliphatic heterocycles. The molecular formula is C12H15FN4. The molecule has 0 fully saturated rings. The van der Waals surface area contributed by atoms with Gasteiger partial charge in [0.2, 0.25) is 0 Å². The van der Waals surface area contributed by atoms with Crippen molar-refractivity contribution in [3.63, 3.8) is 0 Å². The van der Waals surface area contributed by atoms with Crippen molar-refractivity contribution in [1.82, 2.24) is 14.8 Å². The summed E-state index contributed by atoms with van der Waals surface area (Å²) in [5.74, 6) is 0.556. The average molecular weight is 234 g/mol. The third kappa shape index (κ3) is 2.61. The SMILES string of the molecule is CCn1ncnc1CNc1ccc(C)cc1F. The zero-order valence-corrected chi connectivity index (χ0v) is 9.94. The van der Waals surface area contributed by atoms with Gasteiger partial charge in [-0.1, -0.05) is 6.07 Å². The molecule has 0 unspecified atom stereocenters. The van der Waals surface area contributed by atoms with Crippen molar-refractivity contribution < 1.29 is 4.39 Å². The first-order chi connectivity index (χ1) is 8.20. The Hall–Kier alpha value is -1.91. The van der Waals surface area contributed by atoms with Crippen LogP contribution in [0.5, 0.6) is 0 Å². The molecule has 17 heavy (non-hydrogen) atoms. The Morgan fingerprint density at radius 2 is 2.24 bits per heavy atom. The van der Waals surface area contributed by atoms with Gasteiger partial charge in [0.05, 0.1) is 12.2 Å². The fourth-order valence-electron chi connectivity index (χ4n) is 1.63. The maximum atomic E-state index is 13.6. The van der Waals surface area contributed by atoms with Gasteiger partial charge in [-0.05, 0) is 31.5 Å². The number of rotatable bonds is 4. The highest BCUT2D eigenvalue weighted by molar-refractivity contribution is 5.46. The van der Waals surface area contributed by atoms with E-state index in [0.29, 0.717) is 12.2 Å². The molecule has 0 saturated carbocycles. The van der Waals surface area contributed by atoms with E-state index in [1.54, 1.807) is 10.7 Å². The van der Waals surface area contributed by atoms with Gasteiger partial charge in [0.1, 0.15) is 18.0 Å². The lowest BCUT2D eigenvalue weighted by Crippen LogP contribution is -2.09. The Labute approximate surface area is 99.5 Å². The first kappa shape index (κ1) is 11.6. The number of nitrogens with one attached hydrogen (secondary N) is 1. The lowest BCUT2D eigenvalue weighted by molar-refractivity contribution is 0.614. The highest BCUT2D eigenvalue weighted by Crippen LogP contribution is 2.15. The van der Waals surface area contributed by atoms with E-state index < -0.39 is 0 Å². The van der Waals surface area contributed by atoms with E-state index in [1.807, 2.05) is 19.9 Å². The number of nitrogens with zero attached hydrogens (tertiary/aromatic N) is 3. The molecular weight excluding hydrogens is 219 g/mol. The molecule has 90 valence electrons. The number of halogens is 1. The Bertz CT molecular complexity index is 507. The number of anilines is 1. The molecule has 0 bridgehead atoms. The van der Waals surface area contributed by atoms with Gasteiger partial charge in [0.15, 0.2) is 0 Å². The summed E-state index contributed by atoms with van der Waals surface area (Å²) < 4.78 is 15.3. The first-order valence-corrected chi connectivity index (χ1v) is 5.57. The smallest absolute Gasteiger partial charge is 0.146 e. The average Bonchev–Trinajstić information content (AvgIpc) is 2.75. The number of hydrogen-bond acceptors (Lipinski definition) is 3. The predicted octanol–water partition coefficient (Wildman–Crippen LogP) is 2.36. The number of hydrogen-bond donors (Lipinski definition) is 1. The normalized spacial score (nSPS) is 10.5. The van der Waals surface area contributed by atoms with Crippen LogP contribution in [-0.2, 0) is 13.1 Å². The second kappa shape index (κ2) is 4.95. The Morgan fingerprint density at radius 3 is 2.94 bits per heavy atom. The van der Waals surface area contributed by atoms with Gasteiger partial charge in [-0.2, -0.15) is 5.10 Å². The second-order valence-corrected chi connectivity index (χ2v) is 3.83.